The topological polar surface area (TPSA) is 45.7 Å². The van der Waals surface area contributed by atoms with Crippen molar-refractivity contribution in [2.24, 2.45) is 16.3 Å². The third kappa shape index (κ3) is 5.83. The van der Waals surface area contributed by atoms with Crippen molar-refractivity contribution in [1.29, 1.82) is 0 Å². The molecule has 2 N–H and O–H groups in total. The zero-order chi connectivity index (χ0) is 17.6. The van der Waals surface area contributed by atoms with Gasteiger partial charge in [0.25, 0.3) is 0 Å². The number of aliphatic imine (C=N–C) groups is 1. The van der Waals surface area contributed by atoms with E-state index in [0.717, 1.165) is 24.4 Å². The molecule has 24 heavy (non-hydrogen) atoms. The van der Waals surface area contributed by atoms with Crippen molar-refractivity contribution in [2.45, 2.75) is 77.2 Å². The van der Waals surface area contributed by atoms with Gasteiger partial charge in [0, 0.05) is 37.4 Å². The Labute approximate surface area is 153 Å². The fraction of sp³-hybridized carbons (Fsp3) is 0.947. The van der Waals surface area contributed by atoms with Crippen LogP contribution in [0, 0.1) is 11.3 Å². The number of nitrogens with one attached hydrogen (secondary N) is 2. The van der Waals surface area contributed by atoms with Gasteiger partial charge < -0.3 is 15.4 Å². The van der Waals surface area contributed by atoms with E-state index >= 15 is 0 Å². The van der Waals surface area contributed by atoms with Gasteiger partial charge in [0.15, 0.2) is 5.96 Å². The molecule has 140 valence electrons. The molecular formula is C19H37N3OS. The Bertz CT molecular complexity index is 408. The largest absolute Gasteiger partial charge is 0.377 e. The molecule has 4 atom stereocenters. The zero-order valence-corrected chi connectivity index (χ0v) is 17.0. The van der Waals surface area contributed by atoms with Crippen LogP contribution in [0.2, 0.25) is 0 Å². The van der Waals surface area contributed by atoms with Crippen LogP contribution in [-0.4, -0.2) is 49.3 Å². The minimum Gasteiger partial charge on any atom is -0.377 e. The Hall–Kier alpha value is -0.420. The zero-order valence-electron chi connectivity index (χ0n) is 16.2. The van der Waals surface area contributed by atoms with Crippen LogP contribution in [0.4, 0.5) is 0 Å². The molecule has 2 fully saturated rings. The van der Waals surface area contributed by atoms with Gasteiger partial charge in [-0.05, 0) is 43.3 Å². The molecule has 1 saturated heterocycles. The Morgan fingerprint density at radius 1 is 1.25 bits per heavy atom. The maximum atomic E-state index is 6.09. The molecule has 2 rings (SSSR count). The first-order chi connectivity index (χ1) is 11.4. The third-order valence-corrected chi connectivity index (χ3v) is 6.41. The summed E-state index contributed by atoms with van der Waals surface area (Å²) in [5.41, 5.74) is 0.194. The number of hydrogen-bond acceptors (Lipinski definition) is 3. The average molecular weight is 356 g/mol. The second-order valence-electron chi connectivity index (χ2n) is 8.24. The van der Waals surface area contributed by atoms with Crippen molar-refractivity contribution in [1.82, 2.24) is 10.6 Å². The summed E-state index contributed by atoms with van der Waals surface area (Å²) in [5.74, 6) is 2.74. The normalized spacial score (nSPS) is 32.0. The Morgan fingerprint density at radius 2 is 2.04 bits per heavy atom. The molecule has 0 radical (unpaired) electrons. The first-order valence-corrected chi connectivity index (χ1v) is 10.7. The summed E-state index contributed by atoms with van der Waals surface area (Å²) in [6.07, 6.45) is 6.59. The summed E-state index contributed by atoms with van der Waals surface area (Å²) >= 11 is 2.10. The Balaban J connectivity index is 1.80. The molecule has 0 aromatic carbocycles. The van der Waals surface area contributed by atoms with Gasteiger partial charge in [-0.3, -0.25) is 4.99 Å². The lowest BCUT2D eigenvalue weighted by molar-refractivity contribution is -0.0835. The lowest BCUT2D eigenvalue weighted by Crippen LogP contribution is -2.49. The van der Waals surface area contributed by atoms with E-state index in [0.29, 0.717) is 18.1 Å². The minimum absolute atomic E-state index is 0.194. The van der Waals surface area contributed by atoms with Crippen molar-refractivity contribution in [3.8, 4) is 0 Å². The number of rotatable bonds is 5. The summed E-state index contributed by atoms with van der Waals surface area (Å²) in [6, 6.07) is 0.571. The molecule has 1 saturated carbocycles. The molecule has 0 aromatic heterocycles. The van der Waals surface area contributed by atoms with E-state index in [1.54, 1.807) is 0 Å². The van der Waals surface area contributed by atoms with E-state index < -0.39 is 0 Å². The first kappa shape index (κ1) is 19.9. The highest BCUT2D eigenvalue weighted by Crippen LogP contribution is 2.33. The van der Waals surface area contributed by atoms with Crippen LogP contribution in [0.5, 0.6) is 0 Å². The number of hydrogen-bond donors (Lipinski definition) is 2. The monoisotopic (exact) mass is 355 g/mol. The molecule has 1 aliphatic carbocycles. The smallest absolute Gasteiger partial charge is 0.191 e. The van der Waals surface area contributed by atoms with Gasteiger partial charge in [-0.1, -0.05) is 27.7 Å². The second-order valence-corrected chi connectivity index (χ2v) is 9.82. The summed E-state index contributed by atoms with van der Waals surface area (Å²) < 4.78 is 6.09. The molecule has 0 amide bonds. The van der Waals surface area contributed by atoms with Crippen molar-refractivity contribution >= 4 is 17.7 Å². The Kier molecular flexibility index (Phi) is 7.73. The summed E-state index contributed by atoms with van der Waals surface area (Å²) in [5, 5.41) is 8.02. The third-order valence-electron chi connectivity index (χ3n) is 5.18. The van der Waals surface area contributed by atoms with Crippen LogP contribution < -0.4 is 10.6 Å². The van der Waals surface area contributed by atoms with Crippen LogP contribution in [-0.2, 0) is 4.74 Å². The van der Waals surface area contributed by atoms with E-state index in [-0.39, 0.29) is 5.41 Å². The van der Waals surface area contributed by atoms with Gasteiger partial charge in [0.2, 0.25) is 0 Å². The molecule has 1 heterocycles. The first-order valence-electron chi connectivity index (χ1n) is 9.64. The molecular weight excluding hydrogens is 318 g/mol. The van der Waals surface area contributed by atoms with Gasteiger partial charge in [0.05, 0.1) is 6.10 Å². The SMILES string of the molecule is CCSC1CCC(NC(=NC)NCC2CCCOC2C(C)(C)C)C1. The fourth-order valence-corrected chi connectivity index (χ4v) is 5.23. The highest BCUT2D eigenvalue weighted by Gasteiger charge is 2.35. The number of guanidine groups is 1. The van der Waals surface area contributed by atoms with Crippen LogP contribution in [0.25, 0.3) is 0 Å². The van der Waals surface area contributed by atoms with E-state index in [1.807, 2.05) is 7.05 Å². The van der Waals surface area contributed by atoms with Crippen LogP contribution in [0.15, 0.2) is 4.99 Å². The van der Waals surface area contributed by atoms with E-state index in [2.05, 4.69) is 55.1 Å². The highest BCUT2D eigenvalue weighted by molar-refractivity contribution is 7.99. The second kappa shape index (κ2) is 9.33. The summed E-state index contributed by atoms with van der Waals surface area (Å²) in [6.45, 7) is 11.0. The van der Waals surface area contributed by atoms with Crippen LogP contribution in [0.3, 0.4) is 0 Å². The molecule has 4 unspecified atom stereocenters. The predicted molar refractivity (Wildman–Crippen MR) is 106 cm³/mol. The maximum absolute atomic E-state index is 6.09. The number of nitrogens with zero attached hydrogens (tertiary/aromatic N) is 1. The highest BCUT2D eigenvalue weighted by atomic mass is 32.2. The van der Waals surface area contributed by atoms with Crippen LogP contribution >= 0.6 is 11.8 Å². The fourth-order valence-electron chi connectivity index (χ4n) is 4.08. The summed E-state index contributed by atoms with van der Waals surface area (Å²) in [7, 11) is 1.88. The predicted octanol–water partition coefficient (Wildman–Crippen LogP) is 3.67. The van der Waals surface area contributed by atoms with Gasteiger partial charge >= 0.3 is 0 Å². The standard InChI is InChI=1S/C19H37N3OS/c1-6-24-16-10-9-15(12-16)22-18(20-5)21-13-14-8-7-11-23-17(14)19(2,3)4/h14-17H,6-13H2,1-5H3,(H2,20,21,22). The van der Waals surface area contributed by atoms with Gasteiger partial charge in [-0.15, -0.1) is 0 Å². The maximum Gasteiger partial charge on any atom is 0.191 e. The molecule has 1 aliphatic heterocycles. The van der Waals surface area contributed by atoms with Gasteiger partial charge in [-0.2, -0.15) is 11.8 Å². The van der Waals surface area contributed by atoms with E-state index in [4.69, 9.17) is 4.74 Å². The molecule has 0 aromatic rings. The van der Waals surface area contributed by atoms with Gasteiger partial charge in [0.1, 0.15) is 0 Å². The van der Waals surface area contributed by atoms with E-state index in [1.165, 1.54) is 37.9 Å². The van der Waals surface area contributed by atoms with Crippen molar-refractivity contribution in [2.75, 3.05) is 26.0 Å². The molecule has 4 nitrogen and oxygen atoms in total. The van der Waals surface area contributed by atoms with Crippen molar-refractivity contribution in [3.05, 3.63) is 0 Å². The summed E-state index contributed by atoms with van der Waals surface area (Å²) in [4.78, 5) is 4.44. The number of ether oxygens (including phenoxy) is 1. The molecule has 0 spiro atoms. The van der Waals surface area contributed by atoms with Crippen LogP contribution in [0.1, 0.15) is 59.8 Å². The molecule has 2 aliphatic rings. The lowest BCUT2D eigenvalue weighted by atomic mass is 9.78. The van der Waals surface area contributed by atoms with E-state index in [9.17, 15) is 0 Å². The minimum atomic E-state index is 0.194. The van der Waals surface area contributed by atoms with Gasteiger partial charge in [-0.25, -0.2) is 0 Å². The molecule has 5 heteroatoms. The number of thioether (sulfide) groups is 1. The molecule has 0 bridgehead atoms. The lowest BCUT2D eigenvalue weighted by Gasteiger charge is -2.40. The Morgan fingerprint density at radius 3 is 2.71 bits per heavy atom. The van der Waals surface area contributed by atoms with Crippen molar-refractivity contribution < 1.29 is 4.74 Å². The average Bonchev–Trinajstić information content (AvgIpc) is 2.98. The van der Waals surface area contributed by atoms with Crippen molar-refractivity contribution in [3.63, 3.8) is 0 Å². The quantitative estimate of drug-likeness (QED) is 0.583.